The quantitative estimate of drug-likeness (QED) is 0.0867. The third-order valence-corrected chi connectivity index (χ3v) is 13.5. The molecule has 1 rings (SSSR count). The molecule has 1 aliphatic rings. The Balaban J connectivity index is 0. The molecule has 0 aromatic heterocycles. The summed E-state index contributed by atoms with van der Waals surface area (Å²) < 4.78 is 46.9. The Morgan fingerprint density at radius 1 is 0.488 bits per heavy atom. The third kappa shape index (κ3) is 19.9. The van der Waals surface area contributed by atoms with E-state index in [1.807, 2.05) is 11.4 Å². The van der Waals surface area contributed by atoms with E-state index in [2.05, 4.69) is 30.9 Å². The Hall–Kier alpha value is -0.749. The minimum Gasteiger partial charge on any atom is -0.374 e. The number of hydrogen-bond donors (Lipinski definition) is 0. The number of unbranched alkanes of at least 4 members (excludes halogenated alkanes) is 5. The lowest BCUT2D eigenvalue weighted by Gasteiger charge is -2.20. The van der Waals surface area contributed by atoms with Crippen molar-refractivity contribution >= 4 is 26.4 Å². The first-order valence-corrected chi connectivity index (χ1v) is 19.8. The standard InChI is InChI=1S/C16H34O6Si2.C8H14.C5H12O3Si/c1-17-23(18-2,19-3)15-13-11-9-7-8-10-12-14-16-24(20-4,21-5)22-6;1-2-4-6-8-7-5-3-1;1-5-9(6-2,7-3)8-4/h13-16H,7-12H2,1-6H3;1-2H,3-8H2;5H,1H2,2-4H3/b15-13+,16-14+;;. The molecular weight excluding hydrogens is 577 g/mol. The molecule has 0 amide bonds. The van der Waals surface area contributed by atoms with Gasteiger partial charge in [0.2, 0.25) is 0 Å². The van der Waals surface area contributed by atoms with Crippen molar-refractivity contribution in [1.82, 2.24) is 0 Å². The molecule has 0 unspecified atom stereocenters. The van der Waals surface area contributed by atoms with Crippen LogP contribution in [0.5, 0.6) is 0 Å². The molecule has 0 aromatic carbocycles. The van der Waals surface area contributed by atoms with E-state index >= 15 is 0 Å². The molecular formula is C29H60O9Si3. The monoisotopic (exact) mass is 636 g/mol. The molecule has 1 aliphatic carbocycles. The summed E-state index contributed by atoms with van der Waals surface area (Å²) in [6, 6.07) is 0. The first kappa shape index (κ1) is 42.4. The Morgan fingerprint density at radius 2 is 0.805 bits per heavy atom. The molecule has 0 saturated heterocycles. The summed E-state index contributed by atoms with van der Waals surface area (Å²) in [7, 11) is 6.79. The highest BCUT2D eigenvalue weighted by molar-refractivity contribution is 6.66. The van der Waals surface area contributed by atoms with Gasteiger partial charge in [0.05, 0.1) is 0 Å². The second-order valence-corrected chi connectivity index (χ2v) is 17.5. The highest BCUT2D eigenvalue weighted by Crippen LogP contribution is 2.13. The summed E-state index contributed by atoms with van der Waals surface area (Å²) in [5, 5.41) is 0. The Morgan fingerprint density at radius 3 is 1.05 bits per heavy atom. The maximum absolute atomic E-state index is 5.34. The highest BCUT2D eigenvalue weighted by atomic mass is 28.4. The lowest BCUT2D eigenvalue weighted by molar-refractivity contribution is 0.138. The van der Waals surface area contributed by atoms with Gasteiger partial charge in [-0.15, -0.1) is 0 Å². The van der Waals surface area contributed by atoms with Crippen LogP contribution in [0, 0.1) is 0 Å². The molecule has 0 atom stereocenters. The van der Waals surface area contributed by atoms with Crippen LogP contribution in [0.2, 0.25) is 0 Å². The van der Waals surface area contributed by atoms with Gasteiger partial charge in [0.25, 0.3) is 0 Å². The Kier molecular flexibility index (Phi) is 29.0. The fourth-order valence-corrected chi connectivity index (χ4v) is 7.58. The maximum atomic E-state index is 5.34. The van der Waals surface area contributed by atoms with Crippen LogP contribution in [0.15, 0.2) is 48.0 Å². The first-order valence-electron chi connectivity index (χ1n) is 14.4. The van der Waals surface area contributed by atoms with Crippen LogP contribution in [-0.2, 0) is 39.8 Å². The van der Waals surface area contributed by atoms with Crippen LogP contribution in [-0.4, -0.2) is 90.4 Å². The van der Waals surface area contributed by atoms with Crippen LogP contribution in [0.4, 0.5) is 0 Å². The van der Waals surface area contributed by atoms with Crippen molar-refractivity contribution in [2.75, 3.05) is 64.0 Å². The molecule has 9 nitrogen and oxygen atoms in total. The topological polar surface area (TPSA) is 83.1 Å². The second-order valence-electron chi connectivity index (χ2n) is 9.11. The normalized spacial score (nSPS) is 14.7. The lowest BCUT2D eigenvalue weighted by Crippen LogP contribution is -2.40. The van der Waals surface area contributed by atoms with E-state index in [1.165, 1.54) is 51.4 Å². The minimum absolute atomic E-state index is 1.01. The fraction of sp³-hybridized carbons (Fsp3) is 0.724. The molecule has 41 heavy (non-hydrogen) atoms. The summed E-state index contributed by atoms with van der Waals surface area (Å²) in [4.78, 5) is 0. The SMILES string of the molecule is C1=CCCCCCC1.C=C[Si](OC)(OC)OC.CO[Si](/C=C/CCCCCC/C=C/[Si](OC)(OC)OC)(OC)OC. The molecule has 0 bridgehead atoms. The van der Waals surface area contributed by atoms with Gasteiger partial charge in [0, 0.05) is 64.0 Å². The predicted molar refractivity (Wildman–Crippen MR) is 173 cm³/mol. The summed E-state index contributed by atoms with van der Waals surface area (Å²) in [6.45, 7) is 3.53. The van der Waals surface area contributed by atoms with Crippen molar-refractivity contribution in [1.29, 1.82) is 0 Å². The smallest absolute Gasteiger partial charge is 0.374 e. The second kappa shape index (κ2) is 28.0. The van der Waals surface area contributed by atoms with E-state index in [-0.39, 0.29) is 0 Å². The van der Waals surface area contributed by atoms with Gasteiger partial charge in [-0.1, -0.05) is 56.6 Å². The van der Waals surface area contributed by atoms with E-state index in [1.54, 1.807) is 69.7 Å². The largest absolute Gasteiger partial charge is 0.528 e. The van der Waals surface area contributed by atoms with Crippen molar-refractivity contribution < 1.29 is 39.8 Å². The first-order chi connectivity index (χ1) is 19.8. The van der Waals surface area contributed by atoms with Crippen molar-refractivity contribution in [2.45, 2.75) is 77.0 Å². The van der Waals surface area contributed by atoms with Crippen LogP contribution in [0.1, 0.15) is 77.0 Å². The van der Waals surface area contributed by atoms with Gasteiger partial charge in [-0.2, -0.15) is 0 Å². The van der Waals surface area contributed by atoms with Gasteiger partial charge < -0.3 is 39.8 Å². The minimum atomic E-state index is -2.55. The van der Waals surface area contributed by atoms with Crippen LogP contribution >= 0.6 is 0 Å². The summed E-state index contributed by atoms with van der Waals surface area (Å²) in [5.74, 6) is 0. The Labute approximate surface area is 254 Å². The van der Waals surface area contributed by atoms with Crippen molar-refractivity contribution in [3.63, 3.8) is 0 Å². The average Bonchev–Trinajstić information content (AvgIpc) is 3.00. The number of allylic oxidation sites excluding steroid dienone is 4. The lowest BCUT2D eigenvalue weighted by atomic mass is 10.1. The highest BCUT2D eigenvalue weighted by Gasteiger charge is 2.35. The van der Waals surface area contributed by atoms with Crippen LogP contribution < -0.4 is 0 Å². The van der Waals surface area contributed by atoms with Crippen molar-refractivity contribution in [3.05, 3.63) is 48.0 Å². The van der Waals surface area contributed by atoms with Crippen molar-refractivity contribution in [2.24, 2.45) is 0 Å². The van der Waals surface area contributed by atoms with Crippen LogP contribution in [0.3, 0.4) is 0 Å². The number of hydrogen-bond acceptors (Lipinski definition) is 9. The van der Waals surface area contributed by atoms with Gasteiger partial charge >= 0.3 is 26.4 Å². The summed E-state index contributed by atoms with van der Waals surface area (Å²) in [5.41, 5.74) is 5.47. The van der Waals surface area contributed by atoms with E-state index in [0.29, 0.717) is 0 Å². The fourth-order valence-electron chi connectivity index (χ4n) is 3.86. The predicted octanol–water partition coefficient (Wildman–Crippen LogP) is 6.76. The van der Waals surface area contributed by atoms with Crippen LogP contribution in [0.25, 0.3) is 0 Å². The molecule has 0 saturated carbocycles. The zero-order valence-electron chi connectivity index (χ0n) is 27.4. The van der Waals surface area contributed by atoms with Crippen molar-refractivity contribution in [3.8, 4) is 0 Å². The summed E-state index contributed by atoms with van der Waals surface area (Å²) in [6.07, 6.45) is 23.9. The molecule has 0 heterocycles. The molecule has 0 aromatic rings. The molecule has 242 valence electrons. The number of rotatable bonds is 19. The molecule has 0 N–H and O–H groups in total. The maximum Gasteiger partial charge on any atom is 0.528 e. The van der Waals surface area contributed by atoms with Gasteiger partial charge in [0.1, 0.15) is 0 Å². The molecule has 0 fully saturated rings. The third-order valence-electron chi connectivity index (χ3n) is 6.60. The van der Waals surface area contributed by atoms with E-state index in [4.69, 9.17) is 39.8 Å². The van der Waals surface area contributed by atoms with E-state index in [9.17, 15) is 0 Å². The zero-order chi connectivity index (χ0) is 31.3. The molecule has 12 heteroatoms. The van der Waals surface area contributed by atoms with Gasteiger partial charge in [-0.25, -0.2) is 0 Å². The Bertz CT molecular complexity index is 610. The van der Waals surface area contributed by atoms with Gasteiger partial charge in [-0.05, 0) is 68.5 Å². The molecule has 0 spiro atoms. The van der Waals surface area contributed by atoms with E-state index < -0.39 is 26.4 Å². The molecule has 0 radical (unpaired) electrons. The van der Waals surface area contributed by atoms with Gasteiger partial charge in [-0.3, -0.25) is 0 Å². The molecule has 0 aliphatic heterocycles. The average molecular weight is 637 g/mol. The zero-order valence-corrected chi connectivity index (χ0v) is 30.4. The van der Waals surface area contributed by atoms with E-state index in [0.717, 1.165) is 25.7 Å². The van der Waals surface area contributed by atoms with Gasteiger partial charge in [0.15, 0.2) is 0 Å². The summed E-state index contributed by atoms with van der Waals surface area (Å²) >= 11 is 0.